The molecule has 0 aromatic carbocycles. The topological polar surface area (TPSA) is 77.4 Å². The second kappa shape index (κ2) is 21.1. The molecule has 0 aliphatic carbocycles. The molecule has 0 heterocycles. The Kier molecular flexibility index (Phi) is 23.4. The van der Waals surface area contributed by atoms with Crippen LogP contribution >= 0.6 is 0 Å². The normalized spacial score (nSPS) is 13.9. The van der Waals surface area contributed by atoms with Crippen LogP contribution in [0.5, 0.6) is 0 Å². The van der Waals surface area contributed by atoms with Gasteiger partial charge < -0.3 is 9.66 Å². The molecule has 0 saturated heterocycles. The average Bonchev–Trinajstić information content (AvgIpc) is 2.62. The quantitative estimate of drug-likeness (QED) is 0.183. The summed E-state index contributed by atoms with van der Waals surface area (Å²) in [5, 5.41) is 9.11. The monoisotopic (exact) mass is 428 g/mol. The van der Waals surface area contributed by atoms with Crippen molar-refractivity contribution in [1.82, 2.24) is 0 Å². The maximum absolute atomic E-state index is 11.5. The molecule has 6 heteroatoms. The summed E-state index contributed by atoms with van der Waals surface area (Å²) in [6, 6.07) is 0. The van der Waals surface area contributed by atoms with Crippen LogP contribution in [0.2, 0.25) is 0 Å². The third-order valence-electron chi connectivity index (χ3n) is 5.49. The predicted molar refractivity (Wildman–Crippen MR) is 114 cm³/mol. The molecule has 1 N–H and O–H groups in total. The summed E-state index contributed by atoms with van der Waals surface area (Å²) < 4.78 is 34.5. The van der Waals surface area contributed by atoms with Crippen LogP contribution < -0.4 is 29.6 Å². The van der Waals surface area contributed by atoms with E-state index in [-0.39, 0.29) is 35.7 Å². The van der Waals surface area contributed by atoms with Gasteiger partial charge in [0.15, 0.2) is 0 Å². The van der Waals surface area contributed by atoms with E-state index < -0.39 is 15.4 Å². The van der Waals surface area contributed by atoms with Crippen LogP contribution in [0.4, 0.5) is 0 Å². The Bertz CT molecular complexity index is 415. The van der Waals surface area contributed by atoms with E-state index in [1.54, 1.807) is 0 Å². The van der Waals surface area contributed by atoms with E-state index in [4.69, 9.17) is 0 Å². The Balaban J connectivity index is 0. The molecule has 0 radical (unpaired) electrons. The Morgan fingerprint density at radius 1 is 0.643 bits per heavy atom. The van der Waals surface area contributed by atoms with Gasteiger partial charge in [0.1, 0.15) is 0 Å². The molecule has 2 atom stereocenters. The average molecular weight is 429 g/mol. The summed E-state index contributed by atoms with van der Waals surface area (Å²) in [6.45, 7) is 4.33. The van der Waals surface area contributed by atoms with Crippen molar-refractivity contribution in [3.8, 4) is 0 Å². The molecule has 0 spiro atoms. The van der Waals surface area contributed by atoms with Gasteiger partial charge >= 0.3 is 29.6 Å². The second-order valence-electron chi connectivity index (χ2n) is 8.17. The van der Waals surface area contributed by atoms with Crippen molar-refractivity contribution in [3.05, 3.63) is 0 Å². The van der Waals surface area contributed by atoms with Gasteiger partial charge in [-0.2, -0.15) is 0 Å². The van der Waals surface area contributed by atoms with Crippen molar-refractivity contribution in [2.75, 3.05) is 0 Å². The van der Waals surface area contributed by atoms with Crippen LogP contribution in [0.1, 0.15) is 129 Å². The van der Waals surface area contributed by atoms with Crippen LogP contribution in [-0.4, -0.2) is 29.4 Å². The maximum Gasteiger partial charge on any atom is 1.00 e. The summed E-state index contributed by atoms with van der Waals surface area (Å²) >= 11 is 0. The molecule has 0 bridgehead atoms. The third-order valence-corrected chi connectivity index (χ3v) is 6.78. The minimum atomic E-state index is -4.18. The first kappa shape index (κ1) is 31.1. The van der Waals surface area contributed by atoms with Gasteiger partial charge in [0.05, 0.1) is 16.2 Å². The Hall–Kier alpha value is 0.870. The third kappa shape index (κ3) is 20.2. The van der Waals surface area contributed by atoms with E-state index in [0.717, 1.165) is 70.6 Å². The van der Waals surface area contributed by atoms with Crippen LogP contribution in [-0.2, 0) is 10.1 Å². The van der Waals surface area contributed by atoms with E-state index >= 15 is 0 Å². The molecule has 164 valence electrons. The molecular weight excluding hydrogens is 383 g/mol. The van der Waals surface area contributed by atoms with Crippen LogP contribution in [0.3, 0.4) is 0 Å². The van der Waals surface area contributed by atoms with Gasteiger partial charge in [-0.05, 0) is 25.7 Å². The Morgan fingerprint density at radius 2 is 1.00 bits per heavy atom. The fourth-order valence-electron chi connectivity index (χ4n) is 3.63. The first-order chi connectivity index (χ1) is 12.9. The Labute approximate surface area is 197 Å². The minimum absolute atomic E-state index is 0. The van der Waals surface area contributed by atoms with Crippen LogP contribution in [0, 0.1) is 0 Å². The first-order valence-electron chi connectivity index (χ1n) is 11.5. The van der Waals surface area contributed by atoms with Crippen molar-refractivity contribution in [3.63, 3.8) is 0 Å². The predicted octanol–water partition coefficient (Wildman–Crippen LogP) is 3.33. The zero-order chi connectivity index (χ0) is 20.4. The van der Waals surface area contributed by atoms with Crippen molar-refractivity contribution in [1.29, 1.82) is 0 Å². The molecule has 0 saturated carbocycles. The van der Waals surface area contributed by atoms with E-state index in [1.165, 1.54) is 32.1 Å². The summed E-state index contributed by atoms with van der Waals surface area (Å²) in [7, 11) is -4.18. The largest absolute Gasteiger partial charge is 1.00 e. The van der Waals surface area contributed by atoms with Gasteiger partial charge in [-0.3, -0.25) is 0 Å². The van der Waals surface area contributed by atoms with Gasteiger partial charge in [-0.15, -0.1) is 0 Å². The van der Waals surface area contributed by atoms with Crippen molar-refractivity contribution < 1.29 is 47.6 Å². The molecule has 28 heavy (non-hydrogen) atoms. The minimum Gasteiger partial charge on any atom is -0.748 e. The van der Waals surface area contributed by atoms with E-state index in [2.05, 4.69) is 13.8 Å². The van der Waals surface area contributed by atoms with Gasteiger partial charge in [0, 0.05) is 5.25 Å². The molecule has 0 aliphatic heterocycles. The van der Waals surface area contributed by atoms with Gasteiger partial charge in [0.25, 0.3) is 0 Å². The van der Waals surface area contributed by atoms with Crippen LogP contribution in [0.25, 0.3) is 0 Å². The standard InChI is InChI=1S/C22H46O4S.Na/c1-3-5-7-8-9-10-11-15-19-22(27(24,25)26)20-16-13-12-14-18-21(23)17-6-4-2;/h21-23H,3-20H2,1-2H3,(H,24,25,26);/q;+1/p-1. The molecule has 2 unspecified atom stereocenters. The summed E-state index contributed by atoms with van der Waals surface area (Å²) in [6.07, 6.45) is 17.8. The summed E-state index contributed by atoms with van der Waals surface area (Å²) in [5.41, 5.74) is 0. The number of rotatable bonds is 20. The number of hydrogen-bond donors (Lipinski definition) is 1. The number of unbranched alkanes of at least 4 members (excludes halogenated alkanes) is 11. The molecule has 0 rings (SSSR count). The molecule has 0 fully saturated rings. The van der Waals surface area contributed by atoms with Gasteiger partial charge in [-0.25, -0.2) is 8.42 Å². The number of hydrogen-bond acceptors (Lipinski definition) is 4. The molecular formula is C22H45NaO4S. The molecule has 0 aliphatic rings. The summed E-state index contributed by atoms with van der Waals surface area (Å²) in [4.78, 5) is 0. The number of aliphatic hydroxyl groups excluding tert-OH is 1. The van der Waals surface area contributed by atoms with Crippen LogP contribution in [0.15, 0.2) is 0 Å². The fraction of sp³-hybridized carbons (Fsp3) is 1.00. The van der Waals surface area contributed by atoms with E-state index in [9.17, 15) is 18.1 Å². The molecule has 0 aromatic heterocycles. The smallest absolute Gasteiger partial charge is 0.748 e. The van der Waals surface area contributed by atoms with Gasteiger partial charge in [0.2, 0.25) is 0 Å². The molecule has 0 aromatic rings. The molecule has 0 amide bonds. The van der Waals surface area contributed by atoms with Crippen molar-refractivity contribution in [2.45, 2.75) is 141 Å². The number of aliphatic hydroxyl groups is 1. The van der Waals surface area contributed by atoms with Crippen molar-refractivity contribution in [2.24, 2.45) is 0 Å². The first-order valence-corrected chi connectivity index (χ1v) is 13.0. The summed E-state index contributed by atoms with van der Waals surface area (Å²) in [5.74, 6) is 0. The maximum atomic E-state index is 11.5. The fourth-order valence-corrected chi connectivity index (χ4v) is 4.54. The molecule has 4 nitrogen and oxygen atoms in total. The van der Waals surface area contributed by atoms with E-state index in [0.29, 0.717) is 12.8 Å². The van der Waals surface area contributed by atoms with E-state index in [1.807, 2.05) is 0 Å². The Morgan fingerprint density at radius 3 is 1.43 bits per heavy atom. The second-order valence-corrected chi connectivity index (χ2v) is 9.82. The zero-order valence-electron chi connectivity index (χ0n) is 19.0. The van der Waals surface area contributed by atoms with Crippen molar-refractivity contribution >= 4 is 10.1 Å². The van der Waals surface area contributed by atoms with Gasteiger partial charge in [-0.1, -0.05) is 104 Å². The SMILES string of the molecule is CCCCCCCCCCC(CCCCCCC(O)CCCC)S(=O)(=O)[O-].[Na+]. The zero-order valence-corrected chi connectivity index (χ0v) is 21.8.